The van der Waals surface area contributed by atoms with Crippen molar-refractivity contribution < 1.29 is 18.6 Å². The van der Waals surface area contributed by atoms with Crippen molar-refractivity contribution in [2.24, 2.45) is 0 Å². The van der Waals surface area contributed by atoms with Crippen LogP contribution in [0.3, 0.4) is 0 Å². The Balaban J connectivity index is 1.75. The van der Waals surface area contributed by atoms with Crippen molar-refractivity contribution in [2.75, 3.05) is 26.6 Å². The Morgan fingerprint density at radius 3 is 2.17 bits per heavy atom. The summed E-state index contributed by atoms with van der Waals surface area (Å²) in [5.41, 5.74) is 4.21. The van der Waals surface area contributed by atoms with Gasteiger partial charge in [-0.2, -0.15) is 0 Å². The molecule has 1 aromatic heterocycles. The van der Waals surface area contributed by atoms with E-state index in [9.17, 15) is 4.79 Å². The zero-order valence-electron chi connectivity index (χ0n) is 19.5. The number of fused-ring (bicyclic) bond motifs is 6. The van der Waals surface area contributed by atoms with Crippen molar-refractivity contribution >= 4 is 33.1 Å². The van der Waals surface area contributed by atoms with Crippen LogP contribution in [0.2, 0.25) is 0 Å². The normalized spacial score (nSPS) is 14.2. The van der Waals surface area contributed by atoms with Crippen molar-refractivity contribution in [3.05, 3.63) is 99.9 Å². The number of para-hydroxylation sites is 1. The smallest absolute Gasteiger partial charge is 0.342 e. The second-order valence-corrected chi connectivity index (χ2v) is 8.44. The van der Waals surface area contributed by atoms with Crippen LogP contribution in [0.4, 0.5) is 11.4 Å². The molecule has 6 nitrogen and oxygen atoms in total. The van der Waals surface area contributed by atoms with Crippen molar-refractivity contribution in [2.45, 2.75) is 5.92 Å². The van der Waals surface area contributed by atoms with Gasteiger partial charge in [0, 0.05) is 17.0 Å². The molecule has 0 radical (unpaired) electrons. The molecular formula is C29H23NO5. The van der Waals surface area contributed by atoms with E-state index in [1.165, 1.54) is 0 Å². The maximum absolute atomic E-state index is 13.5. The molecule has 2 heterocycles. The van der Waals surface area contributed by atoms with Crippen molar-refractivity contribution in [1.29, 1.82) is 0 Å². The Labute approximate surface area is 201 Å². The van der Waals surface area contributed by atoms with E-state index in [2.05, 4.69) is 29.6 Å². The summed E-state index contributed by atoms with van der Waals surface area (Å²) in [6.07, 6.45) is 0. The fourth-order valence-corrected chi connectivity index (χ4v) is 5.16. The second kappa shape index (κ2) is 8.09. The highest BCUT2D eigenvalue weighted by Crippen LogP contribution is 2.51. The summed E-state index contributed by atoms with van der Waals surface area (Å²) in [5.74, 6) is 1.11. The quantitative estimate of drug-likeness (QED) is 0.312. The van der Waals surface area contributed by atoms with Crippen LogP contribution in [-0.4, -0.2) is 21.3 Å². The number of methoxy groups -OCH3 is 3. The lowest BCUT2D eigenvalue weighted by Crippen LogP contribution is -2.23. The third-order valence-corrected chi connectivity index (χ3v) is 6.68. The number of hydrogen-bond acceptors (Lipinski definition) is 6. The highest BCUT2D eigenvalue weighted by atomic mass is 16.5. The molecule has 6 heteroatoms. The van der Waals surface area contributed by atoms with Crippen LogP contribution in [0.25, 0.3) is 21.7 Å². The molecule has 6 rings (SSSR count). The van der Waals surface area contributed by atoms with Crippen LogP contribution >= 0.6 is 0 Å². The molecule has 0 aliphatic carbocycles. The first-order chi connectivity index (χ1) is 17.1. The molecule has 0 spiro atoms. The Morgan fingerprint density at radius 2 is 1.46 bits per heavy atom. The summed E-state index contributed by atoms with van der Waals surface area (Å²) < 4.78 is 22.7. The summed E-state index contributed by atoms with van der Waals surface area (Å²) >= 11 is 0. The molecule has 1 aliphatic heterocycles. The minimum absolute atomic E-state index is 0.386. The predicted octanol–water partition coefficient (Wildman–Crippen LogP) is 6.21. The van der Waals surface area contributed by atoms with E-state index in [1.807, 2.05) is 48.5 Å². The van der Waals surface area contributed by atoms with Crippen molar-refractivity contribution in [3.8, 4) is 17.2 Å². The first-order valence-electron chi connectivity index (χ1n) is 11.3. The molecule has 0 saturated heterocycles. The van der Waals surface area contributed by atoms with E-state index < -0.39 is 5.92 Å². The predicted molar refractivity (Wildman–Crippen MR) is 137 cm³/mol. The average Bonchev–Trinajstić information content (AvgIpc) is 2.91. The van der Waals surface area contributed by atoms with Gasteiger partial charge in [0.05, 0.1) is 32.6 Å². The number of nitrogens with one attached hydrogen (secondary N) is 1. The Hall–Kier alpha value is -4.45. The zero-order chi connectivity index (χ0) is 24.1. The SMILES string of the molecule is COc1cc([C@H]2c3c(c4ccccc4oc3=O)Nc3ccc4ccccc4c32)cc(OC)c1OC. The van der Waals surface area contributed by atoms with E-state index in [0.717, 1.165) is 38.7 Å². The van der Waals surface area contributed by atoms with Crippen LogP contribution in [0, 0.1) is 0 Å². The van der Waals surface area contributed by atoms with Crippen LogP contribution < -0.4 is 25.2 Å². The monoisotopic (exact) mass is 465 g/mol. The molecule has 35 heavy (non-hydrogen) atoms. The lowest BCUT2D eigenvalue weighted by Gasteiger charge is -2.31. The molecular weight excluding hydrogens is 442 g/mol. The highest BCUT2D eigenvalue weighted by molar-refractivity contribution is 6.00. The zero-order valence-corrected chi connectivity index (χ0v) is 19.5. The topological polar surface area (TPSA) is 69.9 Å². The maximum Gasteiger partial charge on any atom is 0.342 e. The van der Waals surface area contributed by atoms with E-state index in [1.54, 1.807) is 21.3 Å². The van der Waals surface area contributed by atoms with Gasteiger partial charge in [-0.3, -0.25) is 0 Å². The molecule has 4 aromatic carbocycles. The fraction of sp³-hybridized carbons (Fsp3) is 0.138. The average molecular weight is 466 g/mol. The minimum Gasteiger partial charge on any atom is -0.493 e. The van der Waals surface area contributed by atoms with E-state index in [-0.39, 0.29) is 5.63 Å². The number of anilines is 2. The fourth-order valence-electron chi connectivity index (χ4n) is 5.16. The third kappa shape index (κ3) is 3.14. The molecule has 0 fully saturated rings. The summed E-state index contributed by atoms with van der Waals surface area (Å²) in [5, 5.41) is 6.53. The van der Waals surface area contributed by atoms with Crippen molar-refractivity contribution in [1.82, 2.24) is 0 Å². The van der Waals surface area contributed by atoms with Crippen LogP contribution in [0.1, 0.15) is 22.6 Å². The van der Waals surface area contributed by atoms with E-state index in [4.69, 9.17) is 18.6 Å². The van der Waals surface area contributed by atoms with Gasteiger partial charge < -0.3 is 23.9 Å². The summed E-state index contributed by atoms with van der Waals surface area (Å²) in [6.45, 7) is 0. The highest BCUT2D eigenvalue weighted by Gasteiger charge is 2.34. The van der Waals surface area contributed by atoms with Gasteiger partial charge in [0.15, 0.2) is 11.5 Å². The van der Waals surface area contributed by atoms with Gasteiger partial charge in [0.25, 0.3) is 0 Å². The van der Waals surface area contributed by atoms with Crippen LogP contribution in [-0.2, 0) is 0 Å². The van der Waals surface area contributed by atoms with E-state index in [0.29, 0.717) is 28.4 Å². The van der Waals surface area contributed by atoms with Gasteiger partial charge in [-0.15, -0.1) is 0 Å². The standard InChI is InChI=1S/C29H23NO5/c1-32-22-14-17(15-23(33-2)28(22)34-3)24-25-18-9-5-4-8-16(18)12-13-20(25)30-27-19-10-6-7-11-21(19)35-29(31)26(24)27/h4-15,24,30H,1-3H3/t24-/m1/s1. The molecule has 1 atom stereocenters. The minimum atomic E-state index is -0.429. The molecule has 0 amide bonds. The van der Waals surface area contributed by atoms with Gasteiger partial charge in [-0.05, 0) is 52.2 Å². The van der Waals surface area contributed by atoms with Crippen molar-refractivity contribution in [3.63, 3.8) is 0 Å². The molecule has 0 unspecified atom stereocenters. The largest absolute Gasteiger partial charge is 0.493 e. The number of ether oxygens (including phenoxy) is 3. The molecule has 174 valence electrons. The Bertz CT molecular complexity index is 1650. The number of rotatable bonds is 4. The third-order valence-electron chi connectivity index (χ3n) is 6.68. The number of benzene rings is 4. The Morgan fingerprint density at radius 1 is 0.771 bits per heavy atom. The van der Waals surface area contributed by atoms with Gasteiger partial charge in [0.2, 0.25) is 5.75 Å². The summed E-state index contributed by atoms with van der Waals surface area (Å²) in [6, 6.07) is 23.7. The first-order valence-corrected chi connectivity index (χ1v) is 11.3. The van der Waals surface area contributed by atoms with Crippen LogP contribution in [0.5, 0.6) is 17.2 Å². The van der Waals surface area contributed by atoms with Crippen LogP contribution in [0.15, 0.2) is 82.0 Å². The first kappa shape index (κ1) is 21.1. The lowest BCUT2D eigenvalue weighted by atomic mass is 9.79. The molecule has 1 N–H and O–H groups in total. The summed E-state index contributed by atoms with van der Waals surface area (Å²) in [4.78, 5) is 13.5. The molecule has 1 aliphatic rings. The molecule has 5 aromatic rings. The molecule has 0 bridgehead atoms. The molecule has 0 saturated carbocycles. The number of hydrogen-bond donors (Lipinski definition) is 1. The maximum atomic E-state index is 13.5. The van der Waals surface area contributed by atoms with Gasteiger partial charge >= 0.3 is 5.63 Å². The Kier molecular flexibility index (Phi) is 4.88. The van der Waals surface area contributed by atoms with E-state index >= 15 is 0 Å². The summed E-state index contributed by atoms with van der Waals surface area (Å²) in [7, 11) is 4.74. The van der Waals surface area contributed by atoms with Gasteiger partial charge in [0.1, 0.15) is 5.58 Å². The lowest BCUT2D eigenvalue weighted by molar-refractivity contribution is 0.323. The van der Waals surface area contributed by atoms with Gasteiger partial charge in [-0.25, -0.2) is 4.79 Å². The second-order valence-electron chi connectivity index (χ2n) is 8.44. The van der Waals surface area contributed by atoms with Gasteiger partial charge in [-0.1, -0.05) is 42.5 Å².